The molecule has 0 aromatic heterocycles. The van der Waals surface area contributed by atoms with Gasteiger partial charge >= 0.3 is 0 Å². The number of ether oxygens (including phenoxy) is 1. The van der Waals surface area contributed by atoms with Gasteiger partial charge < -0.3 is 10.1 Å². The van der Waals surface area contributed by atoms with Crippen molar-refractivity contribution in [3.05, 3.63) is 0 Å². The van der Waals surface area contributed by atoms with Crippen LogP contribution in [-0.4, -0.2) is 31.0 Å². The van der Waals surface area contributed by atoms with Gasteiger partial charge in [0, 0.05) is 24.4 Å². The van der Waals surface area contributed by atoms with Gasteiger partial charge in [0.2, 0.25) is 5.91 Å². The number of rotatable bonds is 7. The van der Waals surface area contributed by atoms with E-state index in [1.807, 2.05) is 13.8 Å². The van der Waals surface area contributed by atoms with E-state index in [9.17, 15) is 4.79 Å². The van der Waals surface area contributed by atoms with Gasteiger partial charge in [0.05, 0.1) is 6.61 Å². The first-order chi connectivity index (χ1) is 6.18. The Kier molecular flexibility index (Phi) is 8.45. The van der Waals surface area contributed by atoms with Crippen LogP contribution in [0.1, 0.15) is 20.3 Å². The van der Waals surface area contributed by atoms with Crippen LogP contribution in [0.25, 0.3) is 0 Å². The van der Waals surface area contributed by atoms with Gasteiger partial charge in [-0.3, -0.25) is 4.79 Å². The third-order valence-corrected chi connectivity index (χ3v) is 1.83. The van der Waals surface area contributed by atoms with Gasteiger partial charge in [-0.05, 0) is 6.42 Å². The van der Waals surface area contributed by atoms with E-state index in [2.05, 4.69) is 21.2 Å². The number of carbonyl (C=O) groups is 1. The summed E-state index contributed by atoms with van der Waals surface area (Å²) in [6.45, 7) is 5.93. The minimum Gasteiger partial charge on any atom is -0.381 e. The fourth-order valence-electron chi connectivity index (χ4n) is 0.747. The molecule has 0 saturated heterocycles. The molecule has 1 N–H and O–H groups in total. The van der Waals surface area contributed by atoms with Crippen molar-refractivity contribution in [3.8, 4) is 0 Å². The van der Waals surface area contributed by atoms with Crippen LogP contribution in [0.15, 0.2) is 0 Å². The van der Waals surface area contributed by atoms with Crippen molar-refractivity contribution < 1.29 is 9.53 Å². The lowest BCUT2D eigenvalue weighted by atomic mass is 10.2. The van der Waals surface area contributed by atoms with Crippen LogP contribution in [0, 0.1) is 5.92 Å². The fourth-order valence-corrected chi connectivity index (χ4v) is 0.975. The Morgan fingerprint density at radius 3 is 2.69 bits per heavy atom. The highest BCUT2D eigenvalue weighted by molar-refractivity contribution is 9.09. The second kappa shape index (κ2) is 8.51. The van der Waals surface area contributed by atoms with Crippen molar-refractivity contribution in [1.82, 2.24) is 5.32 Å². The average molecular weight is 252 g/mol. The van der Waals surface area contributed by atoms with Gasteiger partial charge in [-0.1, -0.05) is 29.8 Å². The van der Waals surface area contributed by atoms with Crippen molar-refractivity contribution in [3.63, 3.8) is 0 Å². The molecule has 0 aliphatic rings. The Balaban J connectivity index is 3.12. The molecule has 0 aliphatic carbocycles. The molecule has 0 aliphatic heterocycles. The van der Waals surface area contributed by atoms with Crippen LogP contribution in [0.5, 0.6) is 0 Å². The van der Waals surface area contributed by atoms with Crippen LogP contribution in [0.3, 0.4) is 0 Å². The molecular formula is C9H18BrNO2. The maximum atomic E-state index is 11.1. The molecule has 0 heterocycles. The predicted octanol–water partition coefficient (Wildman–Crippen LogP) is 1.56. The molecule has 3 nitrogen and oxygen atoms in total. The molecular weight excluding hydrogens is 234 g/mol. The molecule has 4 heteroatoms. The summed E-state index contributed by atoms with van der Waals surface area (Å²) in [6, 6.07) is 0. The number of amides is 1. The van der Waals surface area contributed by atoms with Crippen molar-refractivity contribution in [2.45, 2.75) is 20.3 Å². The lowest BCUT2D eigenvalue weighted by Crippen LogP contribution is -2.29. The van der Waals surface area contributed by atoms with Gasteiger partial charge in [-0.2, -0.15) is 0 Å². The highest BCUT2D eigenvalue weighted by atomic mass is 79.9. The number of carbonyl (C=O) groups excluding carboxylic acids is 1. The predicted molar refractivity (Wildman–Crippen MR) is 57.1 cm³/mol. The van der Waals surface area contributed by atoms with E-state index in [0.29, 0.717) is 13.2 Å². The minimum absolute atomic E-state index is 0.0726. The Morgan fingerprint density at radius 1 is 1.46 bits per heavy atom. The second-order valence-corrected chi connectivity index (χ2v) is 3.89. The monoisotopic (exact) mass is 251 g/mol. The van der Waals surface area contributed by atoms with Crippen molar-refractivity contribution in [2.24, 2.45) is 5.92 Å². The van der Waals surface area contributed by atoms with Gasteiger partial charge in [0.25, 0.3) is 0 Å². The van der Waals surface area contributed by atoms with Crippen LogP contribution < -0.4 is 5.32 Å². The average Bonchev–Trinajstić information content (AvgIpc) is 2.10. The molecule has 0 atom stereocenters. The van der Waals surface area contributed by atoms with Crippen LogP contribution in [-0.2, 0) is 9.53 Å². The number of hydrogen-bond donors (Lipinski definition) is 1. The summed E-state index contributed by atoms with van der Waals surface area (Å²) in [6.07, 6.45) is 0.880. The normalized spacial score (nSPS) is 10.5. The van der Waals surface area contributed by atoms with E-state index in [1.165, 1.54) is 0 Å². The first-order valence-electron chi connectivity index (χ1n) is 4.60. The highest BCUT2D eigenvalue weighted by Crippen LogP contribution is 1.90. The lowest BCUT2D eigenvalue weighted by molar-refractivity contribution is -0.124. The highest BCUT2D eigenvalue weighted by Gasteiger charge is 2.04. The van der Waals surface area contributed by atoms with E-state index in [1.54, 1.807) is 0 Å². The van der Waals surface area contributed by atoms with Gasteiger partial charge in [-0.25, -0.2) is 0 Å². The first kappa shape index (κ1) is 12.9. The molecule has 0 aromatic rings. The van der Waals surface area contributed by atoms with E-state index in [-0.39, 0.29) is 11.8 Å². The number of nitrogens with one attached hydrogen (secondary N) is 1. The maximum absolute atomic E-state index is 11.1. The zero-order chi connectivity index (χ0) is 10.1. The zero-order valence-electron chi connectivity index (χ0n) is 8.31. The molecule has 0 saturated carbocycles. The summed E-state index contributed by atoms with van der Waals surface area (Å²) in [4.78, 5) is 11.1. The molecule has 78 valence electrons. The molecule has 0 fully saturated rings. The first-order valence-corrected chi connectivity index (χ1v) is 5.72. The zero-order valence-corrected chi connectivity index (χ0v) is 9.89. The molecule has 1 amide bonds. The molecule has 0 radical (unpaired) electrons. The van der Waals surface area contributed by atoms with Crippen LogP contribution >= 0.6 is 15.9 Å². The minimum atomic E-state index is 0.0726. The summed E-state index contributed by atoms with van der Waals surface area (Å²) in [5, 5.41) is 3.69. The second-order valence-electron chi connectivity index (χ2n) is 3.10. The van der Waals surface area contributed by atoms with E-state index >= 15 is 0 Å². The standard InChI is InChI=1S/C9H18BrNO2/c1-8(2)9(12)11-5-3-6-13-7-4-10/h8H,3-7H2,1-2H3,(H,11,12). The quantitative estimate of drug-likeness (QED) is 0.551. The Labute approximate surface area is 88.4 Å². The molecule has 13 heavy (non-hydrogen) atoms. The number of halogens is 1. The third kappa shape index (κ3) is 8.25. The van der Waals surface area contributed by atoms with Gasteiger partial charge in [-0.15, -0.1) is 0 Å². The number of hydrogen-bond acceptors (Lipinski definition) is 2. The Hall–Kier alpha value is -0.0900. The molecule has 0 aromatic carbocycles. The smallest absolute Gasteiger partial charge is 0.222 e. The maximum Gasteiger partial charge on any atom is 0.222 e. The van der Waals surface area contributed by atoms with E-state index < -0.39 is 0 Å². The summed E-state index contributed by atoms with van der Waals surface area (Å²) < 4.78 is 5.23. The molecule has 0 rings (SSSR count). The summed E-state index contributed by atoms with van der Waals surface area (Å²) in [5.74, 6) is 0.184. The van der Waals surface area contributed by atoms with E-state index in [4.69, 9.17) is 4.74 Å². The summed E-state index contributed by atoms with van der Waals surface area (Å²) in [7, 11) is 0. The van der Waals surface area contributed by atoms with Crippen molar-refractivity contribution in [2.75, 3.05) is 25.1 Å². The van der Waals surface area contributed by atoms with Gasteiger partial charge in [0.1, 0.15) is 0 Å². The largest absolute Gasteiger partial charge is 0.381 e. The SMILES string of the molecule is CC(C)C(=O)NCCCOCCBr. The molecule has 0 unspecified atom stereocenters. The summed E-state index contributed by atoms with van der Waals surface area (Å²) >= 11 is 3.27. The lowest BCUT2D eigenvalue weighted by Gasteiger charge is -2.07. The van der Waals surface area contributed by atoms with Crippen molar-refractivity contribution in [1.29, 1.82) is 0 Å². The van der Waals surface area contributed by atoms with Gasteiger partial charge in [0.15, 0.2) is 0 Å². The van der Waals surface area contributed by atoms with E-state index in [0.717, 1.165) is 18.4 Å². The van der Waals surface area contributed by atoms with Crippen LogP contribution in [0.4, 0.5) is 0 Å². The summed E-state index contributed by atoms with van der Waals surface area (Å²) in [5.41, 5.74) is 0. The Morgan fingerprint density at radius 2 is 2.15 bits per heavy atom. The van der Waals surface area contributed by atoms with Crippen LogP contribution in [0.2, 0.25) is 0 Å². The molecule has 0 spiro atoms. The third-order valence-electron chi connectivity index (χ3n) is 1.51. The van der Waals surface area contributed by atoms with Crippen molar-refractivity contribution >= 4 is 21.8 Å². The topological polar surface area (TPSA) is 38.3 Å². The molecule has 0 bridgehead atoms. The number of alkyl halides is 1. The Bertz CT molecular complexity index is 140. The fraction of sp³-hybridized carbons (Fsp3) is 0.889.